The molecule has 2 bridgehead atoms. The number of rotatable bonds is 25. The summed E-state index contributed by atoms with van der Waals surface area (Å²) in [5, 5.41) is 12.5. The van der Waals surface area contributed by atoms with Gasteiger partial charge in [0, 0.05) is 24.9 Å². The lowest BCUT2D eigenvalue weighted by Crippen LogP contribution is -2.73. The first kappa shape index (κ1) is 38.6. The van der Waals surface area contributed by atoms with Gasteiger partial charge in [-0.15, -0.1) is 0 Å². The molecule has 1 spiro atoms. The topological polar surface area (TPSA) is 59.0 Å². The minimum Gasteiger partial charge on any atom is -0.485 e. The molecule has 2 heterocycles. The molecule has 2 saturated heterocycles. The lowest BCUT2D eigenvalue weighted by molar-refractivity contribution is -0.218. The Kier molecular flexibility index (Phi) is 14.8. The Hall–Kier alpha value is -1.59. The number of carbonyl (C=O) groups excluding carboxylic acids is 1. The molecule has 2 saturated carbocycles. The monoisotopic (exact) mass is 680 g/mol. The first-order chi connectivity index (χ1) is 23.8. The van der Waals surface area contributed by atoms with Crippen molar-refractivity contribution in [2.75, 3.05) is 13.1 Å². The smallest absolute Gasteiger partial charge is 0.311 e. The van der Waals surface area contributed by atoms with E-state index in [1.165, 1.54) is 122 Å². The highest BCUT2D eigenvalue weighted by atomic mass is 16.6. The Balaban J connectivity index is 0.980. The summed E-state index contributed by atoms with van der Waals surface area (Å²) in [6.45, 7) is 13.0. The van der Waals surface area contributed by atoms with Crippen LogP contribution in [0.4, 0.5) is 0 Å². The van der Waals surface area contributed by atoms with Crippen LogP contribution in [0.5, 0.6) is 0 Å². The summed E-state index contributed by atoms with van der Waals surface area (Å²) in [4.78, 5) is 15.7. The summed E-state index contributed by atoms with van der Waals surface area (Å²) in [5.41, 5.74) is -0.311. The van der Waals surface area contributed by atoms with Crippen molar-refractivity contribution < 1.29 is 19.4 Å². The number of aliphatic hydroxyl groups is 1. The van der Waals surface area contributed by atoms with E-state index in [2.05, 4.69) is 38.3 Å². The third kappa shape index (κ3) is 9.45. The Morgan fingerprint density at radius 2 is 1.45 bits per heavy atom. The Morgan fingerprint density at radius 1 is 0.898 bits per heavy atom. The normalized spacial score (nSPS) is 30.4. The van der Waals surface area contributed by atoms with Crippen LogP contribution in [0.2, 0.25) is 0 Å². The van der Waals surface area contributed by atoms with Crippen LogP contribution < -0.4 is 0 Å². The quantitative estimate of drug-likeness (QED) is 0.0591. The Labute approximate surface area is 300 Å². The number of likely N-dealkylation sites (tertiary alicyclic amines) is 1. The van der Waals surface area contributed by atoms with Crippen molar-refractivity contribution in [1.29, 1.82) is 0 Å². The zero-order valence-corrected chi connectivity index (χ0v) is 32.0. The van der Waals surface area contributed by atoms with E-state index in [4.69, 9.17) is 9.47 Å². The van der Waals surface area contributed by atoms with Crippen molar-refractivity contribution in [2.45, 2.75) is 199 Å². The van der Waals surface area contributed by atoms with Gasteiger partial charge in [-0.2, -0.15) is 0 Å². The van der Waals surface area contributed by atoms with Gasteiger partial charge in [0.1, 0.15) is 11.9 Å². The maximum atomic E-state index is 13.1. The highest BCUT2D eigenvalue weighted by Crippen LogP contribution is 2.67. The summed E-state index contributed by atoms with van der Waals surface area (Å²) >= 11 is 0. The van der Waals surface area contributed by atoms with Crippen LogP contribution >= 0.6 is 0 Å². The van der Waals surface area contributed by atoms with E-state index in [9.17, 15) is 9.90 Å². The number of ether oxygens (including phenoxy) is 2. The molecule has 0 aromatic carbocycles. The number of allylic oxidation sites excluding steroid dienone is 3. The van der Waals surface area contributed by atoms with Gasteiger partial charge in [-0.1, -0.05) is 142 Å². The molecule has 5 aliphatic rings. The summed E-state index contributed by atoms with van der Waals surface area (Å²) < 4.78 is 12.9. The third-order valence-corrected chi connectivity index (χ3v) is 13.3. The number of esters is 1. The Morgan fingerprint density at radius 3 is 1.98 bits per heavy atom. The fraction of sp³-hybridized carbons (Fsp3) is 0.841. The molecule has 5 rings (SSSR count). The molecular formula is C44H73NO4. The summed E-state index contributed by atoms with van der Waals surface area (Å²) in [6, 6.07) is 0.112. The minimum absolute atomic E-state index is 0.0258. The van der Waals surface area contributed by atoms with Gasteiger partial charge in [0.25, 0.3) is 0 Å². The van der Waals surface area contributed by atoms with Crippen molar-refractivity contribution >= 4 is 5.97 Å². The van der Waals surface area contributed by atoms with Crippen LogP contribution in [-0.4, -0.2) is 46.8 Å². The molecule has 278 valence electrons. The van der Waals surface area contributed by atoms with E-state index in [1.807, 2.05) is 6.08 Å². The van der Waals surface area contributed by atoms with Gasteiger partial charge in [-0.25, -0.2) is 0 Å². The largest absolute Gasteiger partial charge is 0.485 e. The molecular weight excluding hydrogens is 606 g/mol. The minimum atomic E-state index is -0.904. The number of nitrogens with zero attached hydrogens (tertiary/aromatic N) is 1. The fourth-order valence-corrected chi connectivity index (χ4v) is 10.1. The molecule has 2 aliphatic heterocycles. The fourth-order valence-electron chi connectivity index (χ4n) is 10.1. The van der Waals surface area contributed by atoms with Gasteiger partial charge >= 0.3 is 5.97 Å². The van der Waals surface area contributed by atoms with Crippen molar-refractivity contribution in [3.63, 3.8) is 0 Å². The summed E-state index contributed by atoms with van der Waals surface area (Å²) in [6.07, 6.45) is 35.2. The lowest BCUT2D eigenvalue weighted by atomic mass is 9.47. The van der Waals surface area contributed by atoms with Gasteiger partial charge in [0.2, 0.25) is 0 Å². The SMILES string of the molecule is C=C(CC)[C@@H]1OC2=C(OC(=O)CCCCCCCCCCCCCCCCCCCCC)C=CC3CC4N(CC5CC5)CC[C@@]1(C23)[C@]4(C)O. The second-order valence-electron chi connectivity index (χ2n) is 17.0. The highest BCUT2D eigenvalue weighted by molar-refractivity contribution is 5.71. The van der Waals surface area contributed by atoms with Crippen molar-refractivity contribution in [1.82, 2.24) is 4.90 Å². The van der Waals surface area contributed by atoms with E-state index >= 15 is 0 Å². The predicted molar refractivity (Wildman–Crippen MR) is 202 cm³/mol. The zero-order valence-electron chi connectivity index (χ0n) is 32.0. The van der Waals surface area contributed by atoms with Gasteiger partial charge in [0.05, 0.1) is 11.0 Å². The Bertz CT molecular complexity index is 1120. The number of piperidine rings is 1. The zero-order chi connectivity index (χ0) is 34.7. The predicted octanol–water partition coefficient (Wildman–Crippen LogP) is 11.4. The van der Waals surface area contributed by atoms with Gasteiger partial charge in [-0.05, 0) is 75.5 Å². The molecule has 1 N–H and O–H groups in total. The summed E-state index contributed by atoms with van der Waals surface area (Å²) in [5.74, 6) is 2.30. The number of hydrogen-bond acceptors (Lipinski definition) is 5. The average Bonchev–Trinajstić information content (AvgIpc) is 3.83. The maximum absolute atomic E-state index is 13.1. The second kappa shape index (κ2) is 18.8. The van der Waals surface area contributed by atoms with Crippen molar-refractivity contribution in [3.05, 3.63) is 35.8 Å². The number of unbranched alkanes of at least 4 members (excludes halogenated alkanes) is 18. The standard InChI is InChI=1S/C44H73NO4/c1-5-7-8-9-10-11-12-13-14-15-16-17-18-19-20-21-22-23-24-25-39(46)48-37-29-28-36-32-38-43(4,47)44(30-31-45(38)33-35-26-27-35)40(36)41(37)49-42(44)34(3)6-2/h28-29,35-36,38,40,42,47H,3,5-27,30-33H2,1-2,4H3/t36?,38?,40?,42-,43+,44-/m0/s1. The molecule has 0 radical (unpaired) electrons. The van der Waals surface area contributed by atoms with Gasteiger partial charge in [0.15, 0.2) is 5.76 Å². The van der Waals surface area contributed by atoms with Crippen LogP contribution in [0.3, 0.4) is 0 Å². The van der Waals surface area contributed by atoms with Crippen LogP contribution in [0, 0.1) is 23.2 Å². The van der Waals surface area contributed by atoms with Gasteiger partial charge < -0.3 is 14.6 Å². The van der Waals surface area contributed by atoms with E-state index in [1.54, 1.807) is 0 Å². The number of carbonyl (C=O) groups is 1. The van der Waals surface area contributed by atoms with E-state index < -0.39 is 11.0 Å². The van der Waals surface area contributed by atoms with Gasteiger partial charge in [-0.3, -0.25) is 9.69 Å². The molecule has 0 amide bonds. The van der Waals surface area contributed by atoms with Crippen molar-refractivity contribution in [2.24, 2.45) is 23.2 Å². The number of hydrogen-bond donors (Lipinski definition) is 1. The molecule has 3 unspecified atom stereocenters. The summed E-state index contributed by atoms with van der Waals surface area (Å²) in [7, 11) is 0. The van der Waals surface area contributed by atoms with Crippen molar-refractivity contribution in [3.8, 4) is 0 Å². The average molecular weight is 680 g/mol. The molecule has 5 heteroatoms. The van der Waals surface area contributed by atoms with Crippen LogP contribution in [-0.2, 0) is 14.3 Å². The molecule has 49 heavy (non-hydrogen) atoms. The lowest BCUT2D eigenvalue weighted by Gasteiger charge is -2.63. The maximum Gasteiger partial charge on any atom is 0.311 e. The van der Waals surface area contributed by atoms with Crippen LogP contribution in [0.15, 0.2) is 35.8 Å². The first-order valence-corrected chi connectivity index (χ1v) is 21.3. The third-order valence-electron chi connectivity index (χ3n) is 13.3. The number of fused-ring (bicyclic) bond motifs is 1. The molecule has 0 aromatic rings. The van der Waals surface area contributed by atoms with Crippen LogP contribution in [0.25, 0.3) is 0 Å². The molecule has 3 aliphatic carbocycles. The molecule has 4 fully saturated rings. The van der Waals surface area contributed by atoms with E-state index in [0.29, 0.717) is 12.2 Å². The molecule has 6 atom stereocenters. The highest BCUT2D eigenvalue weighted by Gasteiger charge is 2.73. The van der Waals surface area contributed by atoms with E-state index in [0.717, 1.165) is 62.4 Å². The van der Waals surface area contributed by atoms with Crippen LogP contribution in [0.1, 0.15) is 181 Å². The molecule has 5 nitrogen and oxygen atoms in total. The first-order valence-electron chi connectivity index (χ1n) is 21.3. The molecule has 0 aromatic heterocycles. The second-order valence-corrected chi connectivity index (χ2v) is 17.0. The van der Waals surface area contributed by atoms with E-state index in [-0.39, 0.29) is 30.0 Å².